The highest BCUT2D eigenvalue weighted by Gasteiger charge is 2.76. The summed E-state index contributed by atoms with van der Waals surface area (Å²) in [6.07, 6.45) is 8.77. The SMILES string of the molecule is Cc1ccc(CN2C(=O)[C@H]3[C@@H](C(=O)Nc4ccc(F)cc4)[C@@]4(C)C=C[C@@]3(O4)[C@H]2C(=O)NC2CCCCC2)cc1. The van der Waals surface area contributed by atoms with Crippen LogP contribution in [0.25, 0.3) is 0 Å². The molecule has 204 valence electrons. The number of aryl methyl sites for hydroxylation is 1. The fourth-order valence-electron chi connectivity index (χ4n) is 6.97. The summed E-state index contributed by atoms with van der Waals surface area (Å²) in [6.45, 7) is 4.02. The maximum Gasteiger partial charge on any atom is 0.246 e. The highest BCUT2D eigenvalue weighted by atomic mass is 19.1. The van der Waals surface area contributed by atoms with E-state index in [1.807, 2.05) is 43.3 Å². The number of nitrogens with zero attached hydrogens (tertiary/aromatic N) is 1. The summed E-state index contributed by atoms with van der Waals surface area (Å²) in [5, 5.41) is 6.06. The van der Waals surface area contributed by atoms with Crippen LogP contribution in [-0.4, -0.2) is 45.9 Å². The largest absolute Gasteiger partial charge is 0.356 e. The van der Waals surface area contributed by atoms with Crippen LogP contribution >= 0.6 is 0 Å². The third kappa shape index (κ3) is 4.35. The number of carbonyl (C=O) groups excluding carboxylic acids is 3. The first-order chi connectivity index (χ1) is 18.7. The van der Waals surface area contributed by atoms with Gasteiger partial charge in [0.1, 0.15) is 17.5 Å². The predicted octanol–water partition coefficient (Wildman–Crippen LogP) is 4.26. The van der Waals surface area contributed by atoms with Gasteiger partial charge < -0.3 is 20.3 Å². The Morgan fingerprint density at radius 3 is 2.38 bits per heavy atom. The van der Waals surface area contributed by atoms with Crippen molar-refractivity contribution in [3.8, 4) is 0 Å². The summed E-state index contributed by atoms with van der Waals surface area (Å²) in [7, 11) is 0. The van der Waals surface area contributed by atoms with Crippen LogP contribution in [0, 0.1) is 24.6 Å². The standard InChI is InChI=1S/C31H34FN3O4/c1-19-8-10-20(11-9-19)18-35-26(28(37)34-22-6-4-3-5-7-22)31-17-16-30(2,39-31)24(25(31)29(35)38)27(36)33-23-14-12-21(32)13-15-23/h8-17,22,24-26H,3-7,18H2,1-2H3,(H,33,36)(H,34,37)/t24-,25+,26+,30+,31-/m0/s1. The lowest BCUT2D eigenvalue weighted by Crippen LogP contribution is -2.56. The van der Waals surface area contributed by atoms with E-state index in [2.05, 4.69) is 10.6 Å². The minimum Gasteiger partial charge on any atom is -0.356 e. The van der Waals surface area contributed by atoms with E-state index in [0.29, 0.717) is 5.69 Å². The van der Waals surface area contributed by atoms with Crippen molar-refractivity contribution < 1.29 is 23.5 Å². The number of ether oxygens (including phenoxy) is 1. The van der Waals surface area contributed by atoms with Crippen LogP contribution in [0.1, 0.15) is 50.2 Å². The summed E-state index contributed by atoms with van der Waals surface area (Å²) in [5.41, 5.74) is 0.130. The second kappa shape index (κ2) is 9.59. The van der Waals surface area contributed by atoms with Crippen molar-refractivity contribution in [2.45, 2.75) is 75.8 Å². The summed E-state index contributed by atoms with van der Waals surface area (Å²) in [6, 6.07) is 12.5. The van der Waals surface area contributed by atoms with Gasteiger partial charge in [-0.1, -0.05) is 61.2 Å². The zero-order valence-corrected chi connectivity index (χ0v) is 22.3. The zero-order valence-electron chi connectivity index (χ0n) is 22.3. The lowest BCUT2D eigenvalue weighted by molar-refractivity contribution is -0.145. The lowest BCUT2D eigenvalue weighted by Gasteiger charge is -2.34. The highest BCUT2D eigenvalue weighted by Crippen LogP contribution is 2.60. The van der Waals surface area contributed by atoms with Crippen molar-refractivity contribution in [1.82, 2.24) is 10.2 Å². The summed E-state index contributed by atoms with van der Waals surface area (Å²) < 4.78 is 20.0. The van der Waals surface area contributed by atoms with Crippen LogP contribution in [0.3, 0.4) is 0 Å². The molecule has 2 aromatic rings. The first kappa shape index (κ1) is 25.7. The van der Waals surface area contributed by atoms with Gasteiger partial charge in [0, 0.05) is 18.3 Å². The number of halogens is 1. The average Bonchev–Trinajstić information content (AvgIpc) is 3.48. The number of hydrogen-bond donors (Lipinski definition) is 2. The molecular weight excluding hydrogens is 497 g/mol. The molecule has 6 rings (SSSR count). The molecule has 3 amide bonds. The molecule has 5 atom stereocenters. The number of fused-ring (bicyclic) bond motifs is 1. The Kier molecular flexibility index (Phi) is 6.33. The molecule has 3 heterocycles. The molecule has 0 aromatic heterocycles. The molecule has 0 unspecified atom stereocenters. The van der Waals surface area contributed by atoms with Crippen molar-refractivity contribution >= 4 is 23.4 Å². The Labute approximate surface area is 227 Å². The van der Waals surface area contributed by atoms with Gasteiger partial charge in [-0.25, -0.2) is 4.39 Å². The van der Waals surface area contributed by atoms with Crippen LogP contribution < -0.4 is 10.6 Å². The zero-order chi connectivity index (χ0) is 27.4. The Morgan fingerprint density at radius 1 is 1.00 bits per heavy atom. The van der Waals surface area contributed by atoms with Gasteiger partial charge in [-0.3, -0.25) is 14.4 Å². The first-order valence-electron chi connectivity index (χ1n) is 13.8. The van der Waals surface area contributed by atoms with Gasteiger partial charge in [0.05, 0.1) is 17.4 Å². The molecule has 2 aromatic carbocycles. The molecule has 8 heteroatoms. The molecule has 0 radical (unpaired) electrons. The quantitative estimate of drug-likeness (QED) is 0.546. The molecule has 2 saturated heterocycles. The van der Waals surface area contributed by atoms with Gasteiger partial charge in [0.15, 0.2) is 0 Å². The van der Waals surface area contributed by atoms with Crippen molar-refractivity contribution in [3.05, 3.63) is 77.6 Å². The number of nitrogens with one attached hydrogen (secondary N) is 2. The highest BCUT2D eigenvalue weighted by molar-refractivity contribution is 6.03. The van der Waals surface area contributed by atoms with Gasteiger partial charge in [0.25, 0.3) is 0 Å². The van der Waals surface area contributed by atoms with E-state index in [0.717, 1.165) is 43.2 Å². The molecule has 1 spiro atoms. The molecule has 3 fully saturated rings. The maximum atomic E-state index is 14.2. The monoisotopic (exact) mass is 531 g/mol. The first-order valence-corrected chi connectivity index (χ1v) is 13.8. The second-order valence-electron chi connectivity index (χ2n) is 11.6. The van der Waals surface area contributed by atoms with Crippen LogP contribution in [0.4, 0.5) is 10.1 Å². The molecule has 1 aliphatic carbocycles. The molecule has 4 aliphatic rings. The number of amides is 3. The van der Waals surface area contributed by atoms with Crippen molar-refractivity contribution in [2.75, 3.05) is 5.32 Å². The van der Waals surface area contributed by atoms with Crippen molar-refractivity contribution in [1.29, 1.82) is 0 Å². The number of anilines is 1. The number of hydrogen-bond acceptors (Lipinski definition) is 4. The van der Waals surface area contributed by atoms with Gasteiger partial charge >= 0.3 is 0 Å². The van der Waals surface area contributed by atoms with Gasteiger partial charge in [-0.2, -0.15) is 0 Å². The summed E-state index contributed by atoms with van der Waals surface area (Å²) >= 11 is 0. The third-order valence-corrected chi connectivity index (χ3v) is 8.86. The van der Waals surface area contributed by atoms with E-state index < -0.39 is 40.8 Å². The minimum absolute atomic E-state index is 0.0637. The summed E-state index contributed by atoms with van der Waals surface area (Å²) in [4.78, 5) is 43.5. The Hall–Kier alpha value is -3.52. The fourth-order valence-corrected chi connectivity index (χ4v) is 6.97. The van der Waals surface area contributed by atoms with E-state index in [1.54, 1.807) is 11.8 Å². The predicted molar refractivity (Wildman–Crippen MR) is 144 cm³/mol. The normalized spacial score (nSPS) is 31.4. The Balaban J connectivity index is 1.35. The Morgan fingerprint density at radius 2 is 1.69 bits per heavy atom. The third-order valence-electron chi connectivity index (χ3n) is 8.86. The van der Waals surface area contributed by atoms with E-state index in [4.69, 9.17) is 4.74 Å². The van der Waals surface area contributed by atoms with Gasteiger partial charge in [0.2, 0.25) is 17.7 Å². The number of benzene rings is 2. The van der Waals surface area contributed by atoms with Crippen LogP contribution in [0.2, 0.25) is 0 Å². The van der Waals surface area contributed by atoms with E-state index in [1.165, 1.54) is 24.3 Å². The topological polar surface area (TPSA) is 87.7 Å². The molecule has 2 bridgehead atoms. The van der Waals surface area contributed by atoms with E-state index >= 15 is 0 Å². The van der Waals surface area contributed by atoms with Crippen molar-refractivity contribution in [2.24, 2.45) is 11.8 Å². The van der Waals surface area contributed by atoms with Gasteiger partial charge in [-0.15, -0.1) is 0 Å². The number of carbonyl (C=O) groups is 3. The average molecular weight is 532 g/mol. The van der Waals surface area contributed by atoms with Crippen LogP contribution in [0.15, 0.2) is 60.7 Å². The molecule has 1 saturated carbocycles. The van der Waals surface area contributed by atoms with E-state index in [-0.39, 0.29) is 24.4 Å². The maximum absolute atomic E-state index is 14.2. The van der Waals surface area contributed by atoms with Crippen LogP contribution in [0.5, 0.6) is 0 Å². The molecular formula is C31H34FN3O4. The van der Waals surface area contributed by atoms with E-state index in [9.17, 15) is 18.8 Å². The minimum atomic E-state index is -1.25. The second-order valence-corrected chi connectivity index (χ2v) is 11.6. The molecule has 7 nitrogen and oxygen atoms in total. The molecule has 3 aliphatic heterocycles. The van der Waals surface area contributed by atoms with Gasteiger partial charge in [-0.05, 0) is 56.5 Å². The number of likely N-dealkylation sites (tertiary alicyclic amines) is 1. The lowest BCUT2D eigenvalue weighted by atomic mass is 9.70. The van der Waals surface area contributed by atoms with Crippen LogP contribution in [-0.2, 0) is 25.7 Å². The molecule has 39 heavy (non-hydrogen) atoms. The smallest absolute Gasteiger partial charge is 0.246 e. The van der Waals surface area contributed by atoms with Crippen molar-refractivity contribution in [3.63, 3.8) is 0 Å². The molecule has 2 N–H and O–H groups in total. The fraction of sp³-hybridized carbons (Fsp3) is 0.452. The Bertz CT molecular complexity index is 1320. The number of rotatable bonds is 6. The summed E-state index contributed by atoms with van der Waals surface area (Å²) in [5.74, 6) is -3.02.